The largest absolute Gasteiger partial charge is 0.481 e. The van der Waals surface area contributed by atoms with E-state index >= 15 is 0 Å². The summed E-state index contributed by atoms with van der Waals surface area (Å²) >= 11 is 0. The van der Waals surface area contributed by atoms with Crippen molar-refractivity contribution >= 4 is 22.4 Å². The third kappa shape index (κ3) is 4.02. The van der Waals surface area contributed by atoms with E-state index in [1.807, 2.05) is 24.3 Å². The van der Waals surface area contributed by atoms with E-state index in [0.29, 0.717) is 6.04 Å². The molecular weight excluding hydrogens is 348 g/mol. The second kappa shape index (κ2) is 8.03. The van der Waals surface area contributed by atoms with Gasteiger partial charge in [-0.3, -0.25) is 4.79 Å². The fraction of sp³-hybridized carbons (Fsp3) is 0.292. The fourth-order valence-electron chi connectivity index (χ4n) is 4.20. The SMILES string of the molecule is C[C@@H](N[C@@H]1CCN(c2ccc(CC(=O)O)cc2)C1)c1cccc2ccccc12. The second-order valence-corrected chi connectivity index (χ2v) is 7.63. The molecule has 4 nitrogen and oxygen atoms in total. The fourth-order valence-corrected chi connectivity index (χ4v) is 4.20. The molecule has 4 heteroatoms. The molecule has 4 rings (SSSR count). The number of hydrogen-bond donors (Lipinski definition) is 2. The summed E-state index contributed by atoms with van der Waals surface area (Å²) in [6, 6.07) is 23.7. The molecule has 0 spiro atoms. The Morgan fingerprint density at radius 3 is 2.64 bits per heavy atom. The van der Waals surface area contributed by atoms with Crippen LogP contribution in [0.1, 0.15) is 30.5 Å². The summed E-state index contributed by atoms with van der Waals surface area (Å²) in [7, 11) is 0. The van der Waals surface area contributed by atoms with E-state index in [0.717, 1.165) is 30.8 Å². The summed E-state index contributed by atoms with van der Waals surface area (Å²) in [5.74, 6) is -0.791. The first-order chi connectivity index (χ1) is 13.6. The predicted molar refractivity (Wildman–Crippen MR) is 114 cm³/mol. The third-order valence-electron chi connectivity index (χ3n) is 5.62. The Morgan fingerprint density at radius 2 is 1.86 bits per heavy atom. The number of nitrogens with zero attached hydrogens (tertiary/aromatic N) is 1. The molecule has 0 aromatic heterocycles. The van der Waals surface area contributed by atoms with Crippen LogP contribution in [-0.2, 0) is 11.2 Å². The average molecular weight is 374 g/mol. The third-order valence-corrected chi connectivity index (χ3v) is 5.62. The standard InChI is InChI=1S/C24H26N2O2/c1-17(22-8-4-6-19-5-2-3-7-23(19)22)25-20-13-14-26(16-20)21-11-9-18(10-12-21)15-24(27)28/h2-12,17,20,25H,13-16H2,1H3,(H,27,28)/t17-,20-/m1/s1. The quantitative estimate of drug-likeness (QED) is 0.672. The van der Waals surface area contributed by atoms with Crippen molar-refractivity contribution in [1.29, 1.82) is 0 Å². The van der Waals surface area contributed by atoms with Gasteiger partial charge in [0.25, 0.3) is 0 Å². The lowest BCUT2D eigenvalue weighted by molar-refractivity contribution is -0.136. The van der Waals surface area contributed by atoms with Crippen LogP contribution >= 0.6 is 0 Å². The number of rotatable bonds is 6. The molecule has 28 heavy (non-hydrogen) atoms. The van der Waals surface area contributed by atoms with Crippen LogP contribution < -0.4 is 10.2 Å². The molecule has 144 valence electrons. The van der Waals surface area contributed by atoms with Crippen LogP contribution in [0.4, 0.5) is 5.69 Å². The first-order valence-electron chi connectivity index (χ1n) is 9.89. The van der Waals surface area contributed by atoms with Gasteiger partial charge in [0, 0.05) is 30.9 Å². The molecule has 3 aromatic carbocycles. The maximum Gasteiger partial charge on any atom is 0.307 e. The van der Waals surface area contributed by atoms with Gasteiger partial charge in [-0.25, -0.2) is 0 Å². The van der Waals surface area contributed by atoms with Crippen molar-refractivity contribution < 1.29 is 9.90 Å². The van der Waals surface area contributed by atoms with E-state index in [2.05, 4.69) is 59.6 Å². The molecule has 0 bridgehead atoms. The van der Waals surface area contributed by atoms with Crippen LogP contribution in [0.25, 0.3) is 10.8 Å². The van der Waals surface area contributed by atoms with Crippen molar-refractivity contribution in [2.75, 3.05) is 18.0 Å². The van der Waals surface area contributed by atoms with Crippen LogP contribution in [-0.4, -0.2) is 30.2 Å². The maximum absolute atomic E-state index is 10.8. The number of hydrogen-bond acceptors (Lipinski definition) is 3. The number of anilines is 1. The van der Waals surface area contributed by atoms with Gasteiger partial charge in [0.05, 0.1) is 6.42 Å². The van der Waals surface area contributed by atoms with Crippen molar-refractivity contribution in [3.63, 3.8) is 0 Å². The molecule has 0 radical (unpaired) electrons. The van der Waals surface area contributed by atoms with E-state index in [-0.39, 0.29) is 12.5 Å². The van der Waals surface area contributed by atoms with E-state index in [1.54, 1.807) is 0 Å². The molecule has 2 atom stereocenters. The van der Waals surface area contributed by atoms with Crippen molar-refractivity contribution in [3.05, 3.63) is 77.9 Å². The van der Waals surface area contributed by atoms with Crippen LogP contribution in [0.3, 0.4) is 0 Å². The predicted octanol–water partition coefficient (Wildman–Crippen LogP) is 4.40. The molecule has 1 heterocycles. The lowest BCUT2D eigenvalue weighted by atomic mass is 9.99. The Labute approximate surface area is 165 Å². The highest BCUT2D eigenvalue weighted by Crippen LogP contribution is 2.26. The Balaban J connectivity index is 1.41. The molecule has 0 amide bonds. The molecule has 1 aliphatic rings. The minimum absolute atomic E-state index is 0.0764. The minimum atomic E-state index is -0.791. The zero-order valence-corrected chi connectivity index (χ0v) is 16.1. The summed E-state index contributed by atoms with van der Waals surface area (Å²) in [6.07, 6.45) is 1.18. The highest BCUT2D eigenvalue weighted by Gasteiger charge is 2.24. The van der Waals surface area contributed by atoms with Gasteiger partial charge in [-0.2, -0.15) is 0 Å². The summed E-state index contributed by atoms with van der Waals surface area (Å²) in [4.78, 5) is 13.2. The Bertz CT molecular complexity index is 963. The summed E-state index contributed by atoms with van der Waals surface area (Å²) in [6.45, 7) is 4.22. The van der Waals surface area contributed by atoms with Gasteiger partial charge in [0.1, 0.15) is 0 Å². The minimum Gasteiger partial charge on any atom is -0.481 e. The van der Waals surface area contributed by atoms with E-state index in [1.165, 1.54) is 16.3 Å². The molecule has 1 fully saturated rings. The Kier molecular flexibility index (Phi) is 5.31. The maximum atomic E-state index is 10.8. The second-order valence-electron chi connectivity index (χ2n) is 7.63. The highest BCUT2D eigenvalue weighted by atomic mass is 16.4. The summed E-state index contributed by atoms with van der Waals surface area (Å²) in [5, 5.41) is 15.3. The van der Waals surface area contributed by atoms with Gasteiger partial charge in [0.15, 0.2) is 0 Å². The van der Waals surface area contributed by atoms with Gasteiger partial charge >= 0.3 is 5.97 Å². The molecule has 3 aromatic rings. The molecular formula is C24H26N2O2. The first kappa shape index (κ1) is 18.5. The van der Waals surface area contributed by atoms with E-state index in [4.69, 9.17) is 5.11 Å². The van der Waals surface area contributed by atoms with Gasteiger partial charge in [-0.05, 0) is 47.4 Å². The summed E-state index contributed by atoms with van der Waals surface area (Å²) in [5.41, 5.74) is 3.35. The zero-order chi connectivity index (χ0) is 19.5. The van der Waals surface area contributed by atoms with Gasteiger partial charge < -0.3 is 15.3 Å². The monoisotopic (exact) mass is 374 g/mol. The number of aliphatic carboxylic acids is 1. The van der Waals surface area contributed by atoms with Crippen molar-refractivity contribution in [1.82, 2.24) is 5.32 Å². The smallest absolute Gasteiger partial charge is 0.307 e. The van der Waals surface area contributed by atoms with Gasteiger partial charge in [-0.1, -0.05) is 54.6 Å². The Hall–Kier alpha value is -2.85. The average Bonchev–Trinajstić information content (AvgIpc) is 3.16. The normalized spacial score (nSPS) is 17.8. The van der Waals surface area contributed by atoms with Gasteiger partial charge in [0.2, 0.25) is 0 Å². The van der Waals surface area contributed by atoms with Crippen LogP contribution in [0.5, 0.6) is 0 Å². The topological polar surface area (TPSA) is 52.6 Å². The molecule has 0 aliphatic carbocycles. The molecule has 0 saturated carbocycles. The van der Waals surface area contributed by atoms with Crippen molar-refractivity contribution in [2.45, 2.75) is 31.8 Å². The van der Waals surface area contributed by atoms with Crippen molar-refractivity contribution in [2.24, 2.45) is 0 Å². The van der Waals surface area contributed by atoms with E-state index < -0.39 is 5.97 Å². The number of carboxylic acid groups (broad SMARTS) is 1. The highest BCUT2D eigenvalue weighted by molar-refractivity contribution is 5.86. The van der Waals surface area contributed by atoms with Gasteiger partial charge in [-0.15, -0.1) is 0 Å². The number of carboxylic acids is 1. The van der Waals surface area contributed by atoms with Crippen molar-refractivity contribution in [3.8, 4) is 0 Å². The number of carbonyl (C=O) groups is 1. The van der Waals surface area contributed by atoms with Crippen LogP contribution in [0.15, 0.2) is 66.7 Å². The molecule has 1 saturated heterocycles. The molecule has 0 unspecified atom stereocenters. The van der Waals surface area contributed by atoms with E-state index in [9.17, 15) is 4.79 Å². The summed E-state index contributed by atoms with van der Waals surface area (Å²) < 4.78 is 0. The number of benzene rings is 3. The van der Waals surface area contributed by atoms with Crippen LogP contribution in [0, 0.1) is 0 Å². The number of nitrogens with one attached hydrogen (secondary N) is 1. The lowest BCUT2D eigenvalue weighted by Crippen LogP contribution is -2.34. The Morgan fingerprint density at radius 1 is 1.11 bits per heavy atom. The van der Waals surface area contributed by atoms with Crippen LogP contribution in [0.2, 0.25) is 0 Å². The first-order valence-corrected chi connectivity index (χ1v) is 9.89. The molecule has 1 aliphatic heterocycles. The zero-order valence-electron chi connectivity index (χ0n) is 16.1. The molecule has 2 N–H and O–H groups in total. The lowest BCUT2D eigenvalue weighted by Gasteiger charge is -2.23. The number of fused-ring (bicyclic) bond motifs is 1.